The highest BCUT2D eigenvalue weighted by atomic mass is 32.2. The molecule has 1 aromatic heterocycles. The van der Waals surface area contributed by atoms with E-state index in [9.17, 15) is 13.2 Å². The second-order valence-electron chi connectivity index (χ2n) is 4.74. The van der Waals surface area contributed by atoms with E-state index in [1.165, 1.54) is 15.8 Å². The normalized spacial score (nSPS) is 21.4. The molecule has 1 atom stereocenters. The number of hydrogen-bond acceptors (Lipinski definition) is 4. The monoisotopic (exact) mass is 303 g/mol. The van der Waals surface area contributed by atoms with E-state index in [-0.39, 0.29) is 9.77 Å². The first-order valence-electron chi connectivity index (χ1n) is 6.27. The van der Waals surface area contributed by atoms with Gasteiger partial charge in [0.05, 0.1) is 5.56 Å². The van der Waals surface area contributed by atoms with Gasteiger partial charge in [-0.3, -0.25) is 0 Å². The first-order valence-corrected chi connectivity index (χ1v) is 8.59. The van der Waals surface area contributed by atoms with Crippen molar-refractivity contribution in [1.29, 1.82) is 0 Å². The summed E-state index contributed by atoms with van der Waals surface area (Å²) in [5, 5.41) is 10.2. The number of aromatic carboxylic acids is 1. The lowest BCUT2D eigenvalue weighted by molar-refractivity contribution is 0.0697. The van der Waals surface area contributed by atoms with Crippen molar-refractivity contribution >= 4 is 27.3 Å². The van der Waals surface area contributed by atoms with Gasteiger partial charge in [0.15, 0.2) is 0 Å². The van der Waals surface area contributed by atoms with Crippen molar-refractivity contribution in [3.63, 3.8) is 0 Å². The summed E-state index contributed by atoms with van der Waals surface area (Å²) in [6, 6.07) is 1.25. The zero-order valence-electron chi connectivity index (χ0n) is 10.7. The number of sulfonamides is 1. The minimum absolute atomic E-state index is 0.0348. The van der Waals surface area contributed by atoms with Crippen molar-refractivity contribution in [2.75, 3.05) is 13.1 Å². The summed E-state index contributed by atoms with van der Waals surface area (Å²) in [4.78, 5) is 10.8. The summed E-state index contributed by atoms with van der Waals surface area (Å²) < 4.78 is 26.5. The number of carbonyl (C=O) groups is 1. The third kappa shape index (κ3) is 2.98. The van der Waals surface area contributed by atoms with Crippen LogP contribution in [0.3, 0.4) is 0 Å². The zero-order valence-corrected chi connectivity index (χ0v) is 12.3. The van der Waals surface area contributed by atoms with E-state index in [1.807, 2.05) is 0 Å². The molecular formula is C12H17NO4S2. The second-order valence-corrected chi connectivity index (χ2v) is 7.82. The van der Waals surface area contributed by atoms with Gasteiger partial charge in [-0.25, -0.2) is 13.2 Å². The summed E-state index contributed by atoms with van der Waals surface area (Å²) in [7, 11) is -3.53. The number of carboxylic acid groups (broad SMARTS) is 1. The first kappa shape index (κ1) is 14.5. The average molecular weight is 303 g/mol. The molecule has 1 saturated heterocycles. The predicted molar refractivity (Wildman–Crippen MR) is 73.1 cm³/mol. The number of thiophene rings is 1. The van der Waals surface area contributed by atoms with Crippen LogP contribution in [0, 0.1) is 5.92 Å². The third-order valence-corrected chi connectivity index (χ3v) is 6.76. The Balaban J connectivity index is 2.23. The zero-order chi connectivity index (χ0) is 14.0. The molecule has 0 aliphatic carbocycles. The Bertz CT molecular complexity index is 564. The summed E-state index contributed by atoms with van der Waals surface area (Å²) in [6.07, 6.45) is 2.90. The summed E-state index contributed by atoms with van der Waals surface area (Å²) in [5.74, 6) is -0.690. The molecule has 1 aromatic rings. The van der Waals surface area contributed by atoms with E-state index in [4.69, 9.17) is 5.11 Å². The van der Waals surface area contributed by atoms with Crippen molar-refractivity contribution in [3.05, 3.63) is 17.0 Å². The first-order chi connectivity index (χ1) is 8.95. The fraction of sp³-hybridized carbons (Fsp3) is 0.583. The van der Waals surface area contributed by atoms with Crippen LogP contribution in [0.4, 0.5) is 0 Å². The van der Waals surface area contributed by atoms with Gasteiger partial charge >= 0.3 is 5.97 Å². The molecule has 0 bridgehead atoms. The van der Waals surface area contributed by atoms with Gasteiger partial charge in [0, 0.05) is 18.5 Å². The van der Waals surface area contributed by atoms with E-state index in [2.05, 4.69) is 6.92 Å². The largest absolute Gasteiger partial charge is 0.478 e. The molecule has 106 valence electrons. The highest BCUT2D eigenvalue weighted by Gasteiger charge is 2.31. The van der Waals surface area contributed by atoms with Gasteiger partial charge < -0.3 is 5.11 Å². The minimum atomic E-state index is -3.53. The second kappa shape index (κ2) is 5.60. The molecule has 19 heavy (non-hydrogen) atoms. The van der Waals surface area contributed by atoms with Gasteiger partial charge in [0.2, 0.25) is 0 Å². The van der Waals surface area contributed by atoms with Crippen LogP contribution in [0.15, 0.2) is 15.7 Å². The summed E-state index contributed by atoms with van der Waals surface area (Å²) >= 11 is 0.977. The maximum Gasteiger partial charge on any atom is 0.336 e. The van der Waals surface area contributed by atoms with Gasteiger partial charge in [-0.05, 0) is 24.8 Å². The van der Waals surface area contributed by atoms with Crippen LogP contribution in [0.2, 0.25) is 0 Å². The van der Waals surface area contributed by atoms with Crippen molar-refractivity contribution < 1.29 is 18.3 Å². The molecule has 1 unspecified atom stereocenters. The Labute approximate surface area is 116 Å². The Kier molecular flexibility index (Phi) is 4.27. The van der Waals surface area contributed by atoms with Crippen molar-refractivity contribution in [1.82, 2.24) is 4.31 Å². The standard InChI is InChI=1S/C12H17NO4S2/c1-2-9-4-3-5-13(7-9)19(16,17)11-6-10(8-18-11)12(14)15/h6,8-9H,2-5,7H2,1H3,(H,14,15). The molecule has 1 aliphatic rings. The van der Waals surface area contributed by atoms with Crippen LogP contribution in [0.25, 0.3) is 0 Å². The smallest absolute Gasteiger partial charge is 0.336 e. The molecule has 2 rings (SSSR count). The molecular weight excluding hydrogens is 286 g/mol. The van der Waals surface area contributed by atoms with Crippen molar-refractivity contribution in [2.45, 2.75) is 30.4 Å². The van der Waals surface area contributed by atoms with Gasteiger partial charge in [0.25, 0.3) is 10.0 Å². The molecule has 2 heterocycles. The summed E-state index contributed by atoms with van der Waals surface area (Å²) in [5.41, 5.74) is 0.0348. The van der Waals surface area contributed by atoms with Crippen LogP contribution in [-0.2, 0) is 10.0 Å². The summed E-state index contributed by atoms with van der Waals surface area (Å²) in [6.45, 7) is 3.13. The average Bonchev–Trinajstić information content (AvgIpc) is 2.89. The highest BCUT2D eigenvalue weighted by Crippen LogP contribution is 2.28. The number of carboxylic acids is 1. The molecule has 7 heteroatoms. The molecule has 5 nitrogen and oxygen atoms in total. The van der Waals surface area contributed by atoms with Gasteiger partial charge in [0.1, 0.15) is 4.21 Å². The van der Waals surface area contributed by atoms with Crippen LogP contribution in [-0.4, -0.2) is 36.9 Å². The molecule has 0 saturated carbocycles. The van der Waals surface area contributed by atoms with Crippen molar-refractivity contribution in [2.24, 2.45) is 5.92 Å². The molecule has 0 spiro atoms. The molecule has 0 aromatic carbocycles. The highest BCUT2D eigenvalue weighted by molar-refractivity contribution is 7.91. The van der Waals surface area contributed by atoms with Crippen LogP contribution in [0.1, 0.15) is 36.5 Å². The van der Waals surface area contributed by atoms with E-state index >= 15 is 0 Å². The molecule has 0 radical (unpaired) electrons. The fourth-order valence-corrected chi connectivity index (χ4v) is 5.13. The SMILES string of the molecule is CCC1CCCN(S(=O)(=O)c2cc(C(=O)O)cs2)C1. The molecule has 1 aliphatic heterocycles. The number of hydrogen-bond donors (Lipinski definition) is 1. The third-order valence-electron chi connectivity index (χ3n) is 3.48. The molecule has 1 fully saturated rings. The van der Waals surface area contributed by atoms with Crippen LogP contribution in [0.5, 0.6) is 0 Å². The van der Waals surface area contributed by atoms with Crippen molar-refractivity contribution in [3.8, 4) is 0 Å². The number of rotatable bonds is 4. The van der Waals surface area contributed by atoms with E-state index in [1.54, 1.807) is 0 Å². The fourth-order valence-electron chi connectivity index (χ4n) is 2.27. The Hall–Kier alpha value is -0.920. The molecule has 0 amide bonds. The molecule has 1 N–H and O–H groups in total. The lowest BCUT2D eigenvalue weighted by atomic mass is 9.97. The van der Waals surface area contributed by atoms with Gasteiger partial charge in [-0.2, -0.15) is 4.31 Å². The lowest BCUT2D eigenvalue weighted by Crippen LogP contribution is -2.39. The number of piperidine rings is 1. The van der Waals surface area contributed by atoms with E-state index in [0.29, 0.717) is 19.0 Å². The van der Waals surface area contributed by atoms with Crippen LogP contribution >= 0.6 is 11.3 Å². The minimum Gasteiger partial charge on any atom is -0.478 e. The van der Waals surface area contributed by atoms with Gasteiger partial charge in [-0.1, -0.05) is 13.3 Å². The van der Waals surface area contributed by atoms with E-state index in [0.717, 1.165) is 30.6 Å². The quantitative estimate of drug-likeness (QED) is 0.925. The van der Waals surface area contributed by atoms with Gasteiger partial charge in [-0.15, -0.1) is 11.3 Å². The maximum absolute atomic E-state index is 12.4. The lowest BCUT2D eigenvalue weighted by Gasteiger charge is -2.30. The van der Waals surface area contributed by atoms with E-state index < -0.39 is 16.0 Å². The maximum atomic E-state index is 12.4. The topological polar surface area (TPSA) is 74.7 Å². The Morgan fingerprint density at radius 3 is 2.89 bits per heavy atom. The predicted octanol–water partition coefficient (Wildman–Crippen LogP) is 2.26. The van der Waals surface area contributed by atoms with Crippen LogP contribution < -0.4 is 0 Å². The Morgan fingerprint density at radius 1 is 1.58 bits per heavy atom. The number of nitrogens with zero attached hydrogens (tertiary/aromatic N) is 1. The Morgan fingerprint density at radius 2 is 2.32 bits per heavy atom.